The quantitative estimate of drug-likeness (QED) is 0.247. The standard InChI is InChI=1S/C17H20N3.3C6H18NSi2.U/c1-11(2)19-14-9-5-7-13-8-6-10-15(16(13)14)20(12(3)4)17(19)18;3*1-8(2,3)7-9(4,5)6;/h5-12H,1-4H3;3*1-6H3;/q4*-1;+4. The molecule has 0 N–H and O–H groups in total. The molecule has 0 saturated heterocycles. The Hall–Kier alpha value is 0.203. The minimum absolute atomic E-state index is 0. The van der Waals surface area contributed by atoms with E-state index in [0.717, 1.165) is 11.4 Å². The smallest absolute Gasteiger partial charge is 0.668 e. The number of hydrogen-bond acceptors (Lipinski definition) is 0. The summed E-state index contributed by atoms with van der Waals surface area (Å²) in [4.78, 5) is 4.02. The first-order chi connectivity index (χ1) is 20.6. The van der Waals surface area contributed by atoms with Crippen molar-refractivity contribution in [1.29, 1.82) is 0 Å². The van der Waals surface area contributed by atoms with Crippen LogP contribution in [-0.2, 0) is 0 Å². The van der Waals surface area contributed by atoms with Crippen LogP contribution in [0.25, 0.3) is 30.1 Å². The maximum Gasteiger partial charge on any atom is 4.00 e. The van der Waals surface area contributed by atoms with Gasteiger partial charge in [-0.25, -0.2) is 0 Å². The zero-order chi connectivity index (χ0) is 37.6. The molecule has 0 radical (unpaired) electrons. The van der Waals surface area contributed by atoms with E-state index in [9.17, 15) is 5.41 Å². The minimum atomic E-state index is -1.11. The van der Waals surface area contributed by atoms with E-state index in [1.54, 1.807) is 0 Å². The third kappa shape index (κ3) is 21.5. The van der Waals surface area contributed by atoms with Crippen molar-refractivity contribution in [2.45, 2.75) is 158 Å². The van der Waals surface area contributed by atoms with E-state index in [2.05, 4.69) is 182 Å². The number of nitrogens with zero attached hydrogens (tertiary/aromatic N) is 6. The summed E-state index contributed by atoms with van der Waals surface area (Å²) in [5.41, 5.74) is 2.17. The molecule has 0 saturated carbocycles. The number of guanidine groups is 1. The molecule has 2 aromatic carbocycles. The monoisotopic (exact) mass is 985 g/mol. The first-order valence-electron chi connectivity index (χ1n) is 17.5. The van der Waals surface area contributed by atoms with Gasteiger partial charge in [0.15, 0.2) is 0 Å². The molecular weight excluding hydrogens is 911 g/mol. The van der Waals surface area contributed by atoms with Crippen molar-refractivity contribution in [2.24, 2.45) is 0 Å². The predicted molar refractivity (Wildman–Crippen MR) is 238 cm³/mol. The van der Waals surface area contributed by atoms with Crippen molar-refractivity contribution < 1.29 is 31.1 Å². The molecule has 1 aliphatic rings. The van der Waals surface area contributed by atoms with Gasteiger partial charge in [0.2, 0.25) is 0 Å². The van der Waals surface area contributed by atoms with Crippen LogP contribution in [0.15, 0.2) is 36.4 Å². The summed E-state index contributed by atoms with van der Waals surface area (Å²) < 4.78 is 14.5. The van der Waals surface area contributed by atoms with Gasteiger partial charge in [0, 0.05) is 11.3 Å². The molecule has 0 unspecified atom stereocenters. The van der Waals surface area contributed by atoms with Crippen LogP contribution >= 0.6 is 0 Å². The molecule has 6 nitrogen and oxygen atoms in total. The van der Waals surface area contributed by atoms with E-state index in [-0.39, 0.29) is 43.2 Å². The summed E-state index contributed by atoms with van der Waals surface area (Å²) in [6, 6.07) is 12.9. The average Bonchev–Trinajstić information content (AvgIpc) is 2.72. The first-order valence-corrected chi connectivity index (χ1v) is 38.2. The van der Waals surface area contributed by atoms with Crippen LogP contribution in [0.4, 0.5) is 11.4 Å². The van der Waals surface area contributed by atoms with Gasteiger partial charge in [-0.15, -0.1) is 0 Å². The van der Waals surface area contributed by atoms with Crippen molar-refractivity contribution in [3.8, 4) is 0 Å². The molecule has 2 aromatic rings. The molecule has 0 amide bonds. The molecule has 48 heavy (non-hydrogen) atoms. The zero-order valence-corrected chi connectivity index (χ0v) is 45.5. The van der Waals surface area contributed by atoms with Crippen LogP contribution in [0.2, 0.25) is 118 Å². The van der Waals surface area contributed by atoms with Gasteiger partial charge in [0.05, 0.1) is 0 Å². The maximum atomic E-state index is 10.7. The SMILES string of the molecule is CC(C)N1C(=[N-])N(C(C)C)c2cccc3cccc1c23.C[Si](C)(C)[N-][Si](C)(C)C.C[Si](C)(C)[N-][Si](C)(C)C.C[Si](C)(C)[N-][Si](C)(C)C.[U+4]. The fourth-order valence-corrected chi connectivity index (χ4v) is 30.2. The minimum Gasteiger partial charge on any atom is -0.668 e. The predicted octanol–water partition coefficient (Wildman–Crippen LogP) is 13.3. The molecule has 0 fully saturated rings. The van der Waals surface area contributed by atoms with E-state index in [1.165, 1.54) is 10.8 Å². The Morgan fingerprint density at radius 2 is 0.688 bits per heavy atom. The van der Waals surface area contributed by atoms with Gasteiger partial charge >= 0.3 is 31.1 Å². The van der Waals surface area contributed by atoms with Crippen LogP contribution in [0.1, 0.15) is 27.7 Å². The molecule has 3 rings (SSSR count). The van der Waals surface area contributed by atoms with E-state index in [1.807, 2.05) is 9.80 Å². The van der Waals surface area contributed by atoms with Gasteiger partial charge in [-0.05, 0) is 28.8 Å². The van der Waals surface area contributed by atoms with Crippen molar-refractivity contribution in [3.05, 3.63) is 55.8 Å². The molecule has 272 valence electrons. The maximum absolute atomic E-state index is 10.7. The van der Waals surface area contributed by atoms with Gasteiger partial charge in [-0.2, -0.15) is 0 Å². The van der Waals surface area contributed by atoms with E-state index in [0.29, 0.717) is 5.96 Å². The molecule has 0 atom stereocenters. The molecule has 1 aliphatic heterocycles. The summed E-state index contributed by atoms with van der Waals surface area (Å²) in [6.07, 6.45) is 0. The molecule has 0 bridgehead atoms. The van der Waals surface area contributed by atoms with Crippen LogP contribution in [0, 0.1) is 31.1 Å². The van der Waals surface area contributed by atoms with E-state index < -0.39 is 49.4 Å². The summed E-state index contributed by atoms with van der Waals surface area (Å²) >= 11 is 0. The van der Waals surface area contributed by atoms with Crippen molar-refractivity contribution in [2.75, 3.05) is 9.80 Å². The Kier molecular flexibility index (Phi) is 20.3. The first kappa shape index (κ1) is 50.3. The molecule has 13 heteroatoms. The number of rotatable bonds is 8. The second-order valence-electron chi connectivity index (χ2n) is 19.2. The van der Waals surface area contributed by atoms with Crippen molar-refractivity contribution >= 4 is 77.5 Å². The molecule has 1 heterocycles. The Balaban J connectivity index is 0. The van der Waals surface area contributed by atoms with Crippen molar-refractivity contribution in [3.63, 3.8) is 0 Å². The average molecular weight is 986 g/mol. The van der Waals surface area contributed by atoms with Crippen LogP contribution in [0.5, 0.6) is 0 Å². The number of anilines is 2. The van der Waals surface area contributed by atoms with E-state index >= 15 is 0 Å². The molecule has 0 aliphatic carbocycles. The van der Waals surface area contributed by atoms with Gasteiger partial charge in [0.1, 0.15) is 0 Å². The van der Waals surface area contributed by atoms with E-state index in [4.69, 9.17) is 13.9 Å². The zero-order valence-electron chi connectivity index (χ0n) is 35.3. The second kappa shape index (κ2) is 19.3. The van der Waals surface area contributed by atoms with Gasteiger partial charge < -0.3 is 29.2 Å². The largest absolute Gasteiger partial charge is 4.00 e. The molecular formula is C35H74N6Si6U. The topological polar surface area (TPSA) is 71.1 Å². The summed E-state index contributed by atoms with van der Waals surface area (Å²) in [5.74, 6) is 0.321. The third-order valence-electron chi connectivity index (χ3n) is 5.86. The van der Waals surface area contributed by atoms with Crippen LogP contribution in [-0.4, -0.2) is 67.5 Å². The second-order valence-corrected chi connectivity index (χ2v) is 48.0. The van der Waals surface area contributed by atoms with Gasteiger partial charge in [-0.3, -0.25) is 0 Å². The number of hydrogen-bond donors (Lipinski definition) is 0. The normalized spacial score (nSPS) is 14.0. The Morgan fingerprint density at radius 1 is 0.458 bits per heavy atom. The Bertz CT molecular complexity index is 1110. The third-order valence-corrected chi connectivity index (χ3v) is 22.0. The summed E-state index contributed by atoms with van der Waals surface area (Å²) in [6.45, 7) is 49.7. The summed E-state index contributed by atoms with van der Waals surface area (Å²) in [5, 5.41) is 13.2. The van der Waals surface area contributed by atoms with Crippen molar-refractivity contribution in [1.82, 2.24) is 0 Å². The molecule has 0 spiro atoms. The number of benzene rings is 2. The fraction of sp³-hybridized carbons (Fsp3) is 0.686. The van der Waals surface area contributed by atoms with Gasteiger partial charge in [0.25, 0.3) is 0 Å². The van der Waals surface area contributed by atoms with Crippen LogP contribution < -0.4 is 9.80 Å². The van der Waals surface area contributed by atoms with Crippen LogP contribution in [0.3, 0.4) is 0 Å². The van der Waals surface area contributed by atoms with Gasteiger partial charge in [-0.1, -0.05) is 231 Å². The Labute approximate surface area is 329 Å². The summed E-state index contributed by atoms with van der Waals surface area (Å²) in [7, 11) is -6.64. The Morgan fingerprint density at radius 3 is 0.854 bits per heavy atom. The molecule has 0 aromatic heterocycles. The fourth-order valence-electron chi connectivity index (χ4n) is 6.07.